The Hall–Kier alpha value is -2.53. The van der Waals surface area contributed by atoms with Crippen LogP contribution in [0.15, 0.2) is 42.6 Å². The topological polar surface area (TPSA) is 51.1 Å². The van der Waals surface area contributed by atoms with Gasteiger partial charge in [-0.25, -0.2) is 15.0 Å². The summed E-state index contributed by atoms with van der Waals surface area (Å²) in [6, 6.07) is 12.7. The van der Waals surface area contributed by atoms with Gasteiger partial charge in [0.2, 0.25) is 0 Å². The predicted octanol–water partition coefficient (Wildman–Crippen LogP) is 2.98. The van der Waals surface area contributed by atoms with Crippen LogP contribution < -0.4 is 4.90 Å². The molecule has 2 aliphatic heterocycles. The first-order valence-electron chi connectivity index (χ1n) is 8.36. The summed E-state index contributed by atoms with van der Waals surface area (Å²) in [5.74, 6) is 1.75. The smallest absolute Gasteiger partial charge is 0.161 e. The molecule has 0 aliphatic carbocycles. The second kappa shape index (κ2) is 5.24. The fraction of sp³-hybridized carbons (Fsp3) is 0.316. The largest absolute Gasteiger partial charge is 0.374 e. The van der Waals surface area contributed by atoms with Crippen molar-refractivity contribution >= 4 is 16.7 Å². The van der Waals surface area contributed by atoms with Crippen LogP contribution in [0.4, 0.5) is 5.82 Å². The number of benzene rings is 1. The van der Waals surface area contributed by atoms with Gasteiger partial charge in [0.1, 0.15) is 5.82 Å². The Morgan fingerprint density at radius 2 is 2.04 bits per heavy atom. The Balaban J connectivity index is 1.49. The maximum Gasteiger partial charge on any atom is 0.161 e. The van der Waals surface area contributed by atoms with Gasteiger partial charge in [0.05, 0.1) is 24.3 Å². The van der Waals surface area contributed by atoms with Crippen LogP contribution in [0, 0.1) is 6.92 Å². The number of nitrogens with zero attached hydrogens (tertiary/aromatic N) is 4. The van der Waals surface area contributed by atoms with Crippen LogP contribution in [0.3, 0.4) is 0 Å². The van der Waals surface area contributed by atoms with Crippen LogP contribution in [0.1, 0.15) is 12.1 Å². The number of morpholine rings is 1. The van der Waals surface area contributed by atoms with Crippen LogP contribution >= 0.6 is 0 Å². The summed E-state index contributed by atoms with van der Waals surface area (Å²) in [5.41, 5.74) is 2.92. The van der Waals surface area contributed by atoms with Crippen molar-refractivity contribution in [3.8, 4) is 11.4 Å². The van der Waals surface area contributed by atoms with Crippen LogP contribution in [0.25, 0.3) is 22.3 Å². The standard InChI is InChI=1S/C19H18N4O/c1-12-16-4-2-3-5-17(16)22-19(21-12)13-6-7-18(20-9-13)23-10-15-8-14(23)11-24-15/h2-7,9,14-15H,8,10-11H2,1H3. The summed E-state index contributed by atoms with van der Waals surface area (Å²) in [4.78, 5) is 16.3. The summed E-state index contributed by atoms with van der Waals surface area (Å²) in [5, 5.41) is 1.10. The van der Waals surface area contributed by atoms with E-state index in [9.17, 15) is 0 Å². The van der Waals surface area contributed by atoms with E-state index in [0.29, 0.717) is 12.1 Å². The van der Waals surface area contributed by atoms with Gasteiger partial charge >= 0.3 is 0 Å². The molecule has 120 valence electrons. The zero-order chi connectivity index (χ0) is 16.1. The van der Waals surface area contributed by atoms with Gasteiger partial charge in [-0.15, -0.1) is 0 Å². The molecule has 2 aromatic heterocycles. The van der Waals surface area contributed by atoms with Gasteiger partial charge in [0.25, 0.3) is 0 Å². The third-order valence-corrected chi connectivity index (χ3v) is 4.99. The first kappa shape index (κ1) is 13.9. The van der Waals surface area contributed by atoms with Crippen LogP contribution in [0.2, 0.25) is 0 Å². The number of hydrogen-bond acceptors (Lipinski definition) is 5. The molecule has 4 heterocycles. The first-order valence-corrected chi connectivity index (χ1v) is 8.36. The molecule has 1 aromatic carbocycles. The van der Waals surface area contributed by atoms with E-state index in [1.165, 1.54) is 0 Å². The van der Waals surface area contributed by atoms with Crippen molar-refractivity contribution in [3.05, 3.63) is 48.3 Å². The monoisotopic (exact) mass is 318 g/mol. The minimum absolute atomic E-state index is 0.378. The molecule has 0 amide bonds. The Kier molecular flexibility index (Phi) is 3.03. The summed E-state index contributed by atoms with van der Waals surface area (Å²) in [6.07, 6.45) is 3.38. The van der Waals surface area contributed by atoms with E-state index in [-0.39, 0.29) is 0 Å². The molecule has 5 nitrogen and oxygen atoms in total. The highest BCUT2D eigenvalue weighted by Crippen LogP contribution is 2.32. The zero-order valence-corrected chi connectivity index (χ0v) is 13.5. The molecule has 3 aromatic rings. The molecule has 5 rings (SSSR count). The number of para-hydroxylation sites is 1. The third-order valence-electron chi connectivity index (χ3n) is 4.99. The molecule has 2 fully saturated rings. The van der Waals surface area contributed by atoms with Crippen molar-refractivity contribution in [1.29, 1.82) is 0 Å². The summed E-state index contributed by atoms with van der Waals surface area (Å²) < 4.78 is 5.66. The minimum Gasteiger partial charge on any atom is -0.374 e. The number of hydrogen-bond donors (Lipinski definition) is 0. The number of rotatable bonds is 2. The lowest BCUT2D eigenvalue weighted by Gasteiger charge is -2.27. The van der Waals surface area contributed by atoms with Gasteiger partial charge in [0.15, 0.2) is 5.82 Å². The van der Waals surface area contributed by atoms with E-state index in [1.807, 2.05) is 31.3 Å². The van der Waals surface area contributed by atoms with E-state index in [0.717, 1.165) is 53.4 Å². The molecule has 2 unspecified atom stereocenters. The lowest BCUT2D eigenvalue weighted by atomic mass is 10.1. The molecule has 2 atom stereocenters. The van der Waals surface area contributed by atoms with Gasteiger partial charge < -0.3 is 9.64 Å². The SMILES string of the molecule is Cc1nc(-c2ccc(N3CC4CC3CO4)nc2)nc2ccccc12. The van der Waals surface area contributed by atoms with Gasteiger partial charge in [-0.1, -0.05) is 18.2 Å². The van der Waals surface area contributed by atoms with Crippen molar-refractivity contribution in [1.82, 2.24) is 15.0 Å². The van der Waals surface area contributed by atoms with E-state index in [1.54, 1.807) is 0 Å². The highest BCUT2D eigenvalue weighted by molar-refractivity contribution is 5.82. The molecule has 0 saturated carbocycles. The van der Waals surface area contributed by atoms with Gasteiger partial charge in [0, 0.05) is 29.4 Å². The molecular formula is C19H18N4O. The molecule has 2 saturated heterocycles. The summed E-state index contributed by atoms with van der Waals surface area (Å²) >= 11 is 0. The van der Waals surface area contributed by atoms with E-state index in [2.05, 4.69) is 38.1 Å². The Labute approximate surface area is 140 Å². The Morgan fingerprint density at radius 1 is 1.12 bits per heavy atom. The molecule has 2 aliphatic rings. The molecular weight excluding hydrogens is 300 g/mol. The average molecular weight is 318 g/mol. The fourth-order valence-corrected chi connectivity index (χ4v) is 3.73. The molecule has 0 radical (unpaired) electrons. The zero-order valence-electron chi connectivity index (χ0n) is 13.5. The third kappa shape index (κ3) is 2.16. The number of pyridine rings is 1. The number of anilines is 1. The number of aromatic nitrogens is 3. The summed E-state index contributed by atoms with van der Waals surface area (Å²) in [7, 11) is 0. The molecule has 2 bridgehead atoms. The molecule has 24 heavy (non-hydrogen) atoms. The van der Waals surface area contributed by atoms with Crippen molar-refractivity contribution in [2.75, 3.05) is 18.1 Å². The molecule has 0 N–H and O–H groups in total. The van der Waals surface area contributed by atoms with Crippen molar-refractivity contribution in [2.45, 2.75) is 25.5 Å². The van der Waals surface area contributed by atoms with Crippen molar-refractivity contribution in [3.63, 3.8) is 0 Å². The second-order valence-electron chi connectivity index (χ2n) is 6.55. The first-order chi connectivity index (χ1) is 11.8. The number of ether oxygens (including phenoxy) is 1. The molecule has 0 spiro atoms. The van der Waals surface area contributed by atoms with Gasteiger partial charge in [-0.2, -0.15) is 0 Å². The van der Waals surface area contributed by atoms with Crippen LogP contribution in [-0.2, 0) is 4.74 Å². The van der Waals surface area contributed by atoms with Crippen LogP contribution in [-0.4, -0.2) is 40.2 Å². The molecule has 5 heteroatoms. The maximum atomic E-state index is 5.66. The average Bonchev–Trinajstić information content (AvgIpc) is 3.25. The second-order valence-corrected chi connectivity index (χ2v) is 6.55. The lowest BCUT2D eigenvalue weighted by Crippen LogP contribution is -2.37. The normalized spacial score (nSPS) is 22.5. The fourth-order valence-electron chi connectivity index (χ4n) is 3.73. The number of aryl methyl sites for hydroxylation is 1. The minimum atomic E-state index is 0.378. The Bertz CT molecular complexity index is 909. The lowest BCUT2D eigenvalue weighted by molar-refractivity contribution is 0.0989. The highest BCUT2D eigenvalue weighted by atomic mass is 16.5. The van der Waals surface area contributed by atoms with Crippen molar-refractivity contribution < 1.29 is 4.74 Å². The summed E-state index contributed by atoms with van der Waals surface area (Å²) in [6.45, 7) is 3.79. The maximum absolute atomic E-state index is 5.66. The van der Waals surface area contributed by atoms with Gasteiger partial charge in [-0.3, -0.25) is 0 Å². The van der Waals surface area contributed by atoms with Crippen LogP contribution in [0.5, 0.6) is 0 Å². The number of fused-ring (bicyclic) bond motifs is 3. The predicted molar refractivity (Wildman–Crippen MR) is 93.0 cm³/mol. The van der Waals surface area contributed by atoms with E-state index in [4.69, 9.17) is 4.74 Å². The highest BCUT2D eigenvalue weighted by Gasteiger charge is 2.39. The van der Waals surface area contributed by atoms with Crippen molar-refractivity contribution in [2.24, 2.45) is 0 Å². The van der Waals surface area contributed by atoms with Gasteiger partial charge in [-0.05, 0) is 31.5 Å². The van der Waals surface area contributed by atoms with E-state index < -0.39 is 0 Å². The Morgan fingerprint density at radius 3 is 2.79 bits per heavy atom. The quantitative estimate of drug-likeness (QED) is 0.727. The van der Waals surface area contributed by atoms with E-state index >= 15 is 0 Å².